The monoisotopic (exact) mass is 546 g/mol. The predicted molar refractivity (Wildman–Crippen MR) is 122 cm³/mol. The number of alkyl halides is 6. The molecule has 196 valence electrons. The van der Waals surface area contributed by atoms with Crippen molar-refractivity contribution < 1.29 is 35.9 Å². The maximum absolute atomic E-state index is 13.4. The first-order valence-corrected chi connectivity index (χ1v) is 10.6. The van der Waals surface area contributed by atoms with Crippen LogP contribution in [0.15, 0.2) is 36.7 Å². The van der Waals surface area contributed by atoms with Crippen LogP contribution in [0.25, 0.3) is 5.69 Å². The van der Waals surface area contributed by atoms with Crippen molar-refractivity contribution in [3.8, 4) is 11.8 Å². The maximum atomic E-state index is 13.4. The van der Waals surface area contributed by atoms with Crippen LogP contribution in [-0.2, 0) is 17.1 Å². The number of halogens is 7. The van der Waals surface area contributed by atoms with E-state index in [0.29, 0.717) is 12.3 Å². The van der Waals surface area contributed by atoms with Gasteiger partial charge in [-0.3, -0.25) is 0 Å². The van der Waals surface area contributed by atoms with Gasteiger partial charge in [0.15, 0.2) is 5.69 Å². The lowest BCUT2D eigenvalue weighted by atomic mass is 10.1. The smallest absolute Gasteiger partial charge is 0.417 e. The number of methoxy groups -OCH3 is 1. The first kappa shape index (κ1) is 27.5. The minimum atomic E-state index is -4.72. The Morgan fingerprint density at radius 3 is 2.35 bits per heavy atom. The van der Waals surface area contributed by atoms with Crippen molar-refractivity contribution in [1.29, 1.82) is 5.26 Å². The fourth-order valence-electron chi connectivity index (χ4n) is 3.26. The number of nitrogens with two attached hydrogens (primary N) is 1. The highest BCUT2D eigenvalue weighted by Crippen LogP contribution is 2.36. The lowest BCUT2D eigenvalue weighted by Gasteiger charge is -2.18. The number of ether oxygens (including phenoxy) is 1. The molecule has 0 aliphatic rings. The van der Waals surface area contributed by atoms with Gasteiger partial charge in [-0.25, -0.2) is 9.78 Å². The van der Waals surface area contributed by atoms with Crippen LogP contribution in [0, 0.1) is 11.3 Å². The van der Waals surface area contributed by atoms with Crippen molar-refractivity contribution in [2.45, 2.75) is 12.4 Å². The van der Waals surface area contributed by atoms with Gasteiger partial charge in [0.05, 0.1) is 45.9 Å². The van der Waals surface area contributed by atoms with E-state index in [1.165, 1.54) is 0 Å². The summed E-state index contributed by atoms with van der Waals surface area (Å²) in [4.78, 5) is 16.0. The predicted octanol–water partition coefficient (Wildman–Crippen LogP) is 5.33. The van der Waals surface area contributed by atoms with Crippen LogP contribution < -0.4 is 16.4 Å². The molecule has 0 atom stereocenters. The van der Waals surface area contributed by atoms with Gasteiger partial charge in [0.1, 0.15) is 11.9 Å². The molecule has 3 aromatic rings. The number of nitrogens with one attached hydrogen (secondary N) is 2. The molecule has 2 heterocycles. The van der Waals surface area contributed by atoms with Gasteiger partial charge in [0, 0.05) is 25.5 Å². The zero-order chi connectivity index (χ0) is 27.5. The van der Waals surface area contributed by atoms with E-state index in [-0.39, 0.29) is 52.2 Å². The van der Waals surface area contributed by atoms with Crippen molar-refractivity contribution >= 4 is 34.8 Å². The standard InChI is InChI=1S/C22H17ClF6N6O2/c1-37-20(36)18-17(31)11(8-30)10-35(18)16-7-12(21(24,25)26)2-3-15(16)32-4-5-33-19-14(23)6-13(9-34-19)22(27,28)29/h2-3,6-7,9-10,32H,4-5,31H2,1H3,(H,33,34). The summed E-state index contributed by atoms with van der Waals surface area (Å²) in [5, 5.41) is 14.6. The average molecular weight is 547 g/mol. The molecule has 4 N–H and O–H groups in total. The van der Waals surface area contributed by atoms with Crippen molar-refractivity contribution in [3.63, 3.8) is 0 Å². The number of pyridine rings is 1. The van der Waals surface area contributed by atoms with E-state index in [2.05, 4.69) is 20.4 Å². The summed E-state index contributed by atoms with van der Waals surface area (Å²) >= 11 is 5.85. The number of nitriles is 1. The summed E-state index contributed by atoms with van der Waals surface area (Å²) < 4.78 is 84.3. The minimum absolute atomic E-state index is 0.0334. The van der Waals surface area contributed by atoms with Crippen LogP contribution in [0.2, 0.25) is 5.02 Å². The van der Waals surface area contributed by atoms with Gasteiger partial charge in [-0.2, -0.15) is 31.6 Å². The van der Waals surface area contributed by atoms with Crippen molar-refractivity contribution in [3.05, 3.63) is 64.1 Å². The summed E-state index contributed by atoms with van der Waals surface area (Å²) in [5.74, 6) is -1.01. The number of rotatable bonds is 7. The SMILES string of the molecule is COC(=O)c1c(N)c(C#N)cn1-c1cc(C(F)(F)F)ccc1NCCNc1ncc(C(F)(F)F)cc1Cl. The van der Waals surface area contributed by atoms with Crippen LogP contribution in [0.3, 0.4) is 0 Å². The molecule has 0 bridgehead atoms. The van der Waals surface area contributed by atoms with Crippen molar-refractivity contribution in [2.24, 2.45) is 0 Å². The molecule has 8 nitrogen and oxygen atoms in total. The molecule has 0 spiro atoms. The van der Waals surface area contributed by atoms with Gasteiger partial charge in [-0.1, -0.05) is 11.6 Å². The largest absolute Gasteiger partial charge is 0.464 e. The van der Waals surface area contributed by atoms with Gasteiger partial charge in [-0.15, -0.1) is 0 Å². The molecular formula is C22H17ClF6N6O2. The van der Waals surface area contributed by atoms with Gasteiger partial charge in [0.25, 0.3) is 0 Å². The molecule has 0 aliphatic heterocycles. The maximum Gasteiger partial charge on any atom is 0.417 e. The quantitative estimate of drug-likeness (QED) is 0.208. The fourth-order valence-corrected chi connectivity index (χ4v) is 3.50. The Morgan fingerprint density at radius 2 is 1.78 bits per heavy atom. The number of nitrogen functional groups attached to an aromatic ring is 1. The van der Waals surface area contributed by atoms with E-state index in [4.69, 9.17) is 17.3 Å². The number of carbonyl (C=O) groups excluding carboxylic acids is 1. The third kappa shape index (κ3) is 6.00. The molecule has 37 heavy (non-hydrogen) atoms. The van der Waals surface area contributed by atoms with Crippen LogP contribution >= 0.6 is 11.6 Å². The number of benzene rings is 1. The second kappa shape index (κ2) is 10.5. The molecule has 1 aromatic carbocycles. The molecule has 0 unspecified atom stereocenters. The number of carbonyl (C=O) groups is 1. The first-order valence-electron chi connectivity index (χ1n) is 10.2. The van der Waals surface area contributed by atoms with Gasteiger partial charge >= 0.3 is 18.3 Å². The minimum Gasteiger partial charge on any atom is -0.464 e. The number of anilines is 3. The van der Waals surface area contributed by atoms with Crippen LogP contribution in [0.4, 0.5) is 43.5 Å². The third-order valence-electron chi connectivity index (χ3n) is 5.03. The van der Waals surface area contributed by atoms with Crippen LogP contribution in [-0.4, -0.2) is 35.7 Å². The number of aromatic nitrogens is 2. The highest BCUT2D eigenvalue weighted by Gasteiger charge is 2.33. The highest BCUT2D eigenvalue weighted by atomic mass is 35.5. The fraction of sp³-hybridized carbons (Fsp3) is 0.227. The summed E-state index contributed by atoms with van der Waals surface area (Å²) in [7, 11) is 1.04. The van der Waals surface area contributed by atoms with Gasteiger partial charge in [0.2, 0.25) is 0 Å². The second-order valence-electron chi connectivity index (χ2n) is 7.41. The summed E-state index contributed by atoms with van der Waals surface area (Å²) in [5.41, 5.74) is 2.97. The Labute approximate surface area is 210 Å². The van der Waals surface area contributed by atoms with Crippen molar-refractivity contribution in [2.75, 3.05) is 36.6 Å². The molecule has 15 heteroatoms. The normalized spacial score (nSPS) is 11.6. The first-order chi connectivity index (χ1) is 17.3. The highest BCUT2D eigenvalue weighted by molar-refractivity contribution is 6.32. The van der Waals surface area contributed by atoms with E-state index in [0.717, 1.165) is 36.1 Å². The van der Waals surface area contributed by atoms with E-state index in [1.807, 2.05) is 0 Å². The summed E-state index contributed by atoms with van der Waals surface area (Å²) in [6.07, 6.45) is -7.63. The molecule has 0 radical (unpaired) electrons. The van der Waals surface area contributed by atoms with E-state index in [1.54, 1.807) is 6.07 Å². The lowest BCUT2D eigenvalue weighted by molar-refractivity contribution is -0.138. The van der Waals surface area contributed by atoms with Crippen LogP contribution in [0.5, 0.6) is 0 Å². The van der Waals surface area contributed by atoms with Gasteiger partial charge in [-0.05, 0) is 24.3 Å². The zero-order valence-corrected chi connectivity index (χ0v) is 19.5. The number of hydrogen-bond donors (Lipinski definition) is 3. The Hall–Kier alpha value is -4.12. The number of esters is 1. The average Bonchev–Trinajstić information content (AvgIpc) is 3.16. The van der Waals surface area contributed by atoms with Crippen molar-refractivity contribution in [1.82, 2.24) is 9.55 Å². The molecule has 0 saturated heterocycles. The van der Waals surface area contributed by atoms with E-state index in [9.17, 15) is 36.4 Å². The molecule has 0 aliphatic carbocycles. The molecule has 0 fully saturated rings. The number of nitrogens with zero attached hydrogens (tertiary/aromatic N) is 3. The third-order valence-corrected chi connectivity index (χ3v) is 5.32. The second-order valence-corrected chi connectivity index (χ2v) is 7.82. The zero-order valence-electron chi connectivity index (χ0n) is 18.8. The Bertz CT molecular complexity index is 1360. The Balaban J connectivity index is 1.90. The van der Waals surface area contributed by atoms with Gasteiger partial charge < -0.3 is 25.7 Å². The van der Waals surface area contributed by atoms with Crippen LogP contribution in [0.1, 0.15) is 27.2 Å². The molecule has 0 saturated carbocycles. The molecular weight excluding hydrogens is 530 g/mol. The number of hydrogen-bond acceptors (Lipinski definition) is 7. The Kier molecular flexibility index (Phi) is 7.77. The molecule has 0 amide bonds. The van der Waals surface area contributed by atoms with E-state index < -0.39 is 29.4 Å². The topological polar surface area (TPSA) is 118 Å². The van der Waals surface area contributed by atoms with E-state index >= 15 is 0 Å². The Morgan fingerprint density at radius 1 is 1.14 bits per heavy atom. The lowest BCUT2D eigenvalue weighted by Crippen LogP contribution is -2.18. The summed E-state index contributed by atoms with van der Waals surface area (Å²) in [6.45, 7) is 0.0759. The summed E-state index contributed by atoms with van der Waals surface area (Å²) in [6, 6.07) is 5.15. The molecule has 2 aromatic heterocycles. The molecule has 3 rings (SSSR count).